The predicted octanol–water partition coefficient (Wildman–Crippen LogP) is 4.80. The van der Waals surface area contributed by atoms with Gasteiger partial charge in [-0.3, -0.25) is 9.59 Å². The van der Waals surface area contributed by atoms with Crippen LogP contribution in [0.15, 0.2) is 48.5 Å². The highest BCUT2D eigenvalue weighted by Crippen LogP contribution is 2.19. The third-order valence-corrected chi connectivity index (χ3v) is 6.38. The van der Waals surface area contributed by atoms with Crippen molar-refractivity contribution in [3.8, 4) is 5.75 Å². The molecule has 0 spiro atoms. The molecule has 3 rings (SSSR count). The predicted molar refractivity (Wildman–Crippen MR) is 128 cm³/mol. The first-order chi connectivity index (χ1) is 15.5. The van der Waals surface area contributed by atoms with E-state index in [1.807, 2.05) is 31.2 Å². The summed E-state index contributed by atoms with van der Waals surface area (Å²) in [5, 5.41) is 3.19. The number of hydrogen-bond acceptors (Lipinski definition) is 3. The van der Waals surface area contributed by atoms with Gasteiger partial charge in [0.2, 0.25) is 11.8 Å². The van der Waals surface area contributed by atoms with Gasteiger partial charge in [0.25, 0.3) is 0 Å². The maximum atomic E-state index is 13.3. The minimum atomic E-state index is -0.524. The Kier molecular flexibility index (Phi) is 8.72. The summed E-state index contributed by atoms with van der Waals surface area (Å²) in [6.07, 6.45) is 6.64. The minimum Gasteiger partial charge on any atom is -0.497 e. The average molecular weight is 437 g/mol. The van der Waals surface area contributed by atoms with Gasteiger partial charge in [-0.05, 0) is 56.4 Å². The summed E-state index contributed by atoms with van der Waals surface area (Å²) in [5.41, 5.74) is 3.31. The number of methoxy groups -OCH3 is 1. The van der Waals surface area contributed by atoms with Crippen LogP contribution >= 0.6 is 0 Å². The fourth-order valence-electron chi connectivity index (χ4n) is 4.23. The van der Waals surface area contributed by atoms with Crippen LogP contribution in [0, 0.1) is 6.92 Å². The van der Waals surface area contributed by atoms with Gasteiger partial charge >= 0.3 is 0 Å². The number of carbonyl (C=O) groups excluding carboxylic acids is 2. The Hall–Kier alpha value is -2.82. The largest absolute Gasteiger partial charge is 0.497 e. The van der Waals surface area contributed by atoms with Crippen molar-refractivity contribution in [3.63, 3.8) is 0 Å². The first kappa shape index (κ1) is 23.8. The second-order valence-corrected chi connectivity index (χ2v) is 8.87. The molecule has 1 N–H and O–H groups in total. The van der Waals surface area contributed by atoms with E-state index in [1.165, 1.54) is 12.0 Å². The lowest BCUT2D eigenvalue weighted by Gasteiger charge is -2.31. The molecule has 0 aliphatic heterocycles. The summed E-state index contributed by atoms with van der Waals surface area (Å²) in [6.45, 7) is 4.29. The Morgan fingerprint density at radius 2 is 1.62 bits per heavy atom. The molecule has 2 aromatic carbocycles. The molecule has 5 nitrogen and oxygen atoms in total. The van der Waals surface area contributed by atoms with Crippen molar-refractivity contribution in [1.82, 2.24) is 10.2 Å². The minimum absolute atomic E-state index is 0.00677. The van der Waals surface area contributed by atoms with Crippen molar-refractivity contribution in [1.29, 1.82) is 0 Å². The molecule has 1 atom stereocenters. The number of amides is 2. The van der Waals surface area contributed by atoms with Crippen LogP contribution in [0.4, 0.5) is 0 Å². The van der Waals surface area contributed by atoms with Gasteiger partial charge in [0.15, 0.2) is 0 Å². The number of carbonyl (C=O) groups is 2. The molecule has 32 heavy (non-hydrogen) atoms. The summed E-state index contributed by atoms with van der Waals surface area (Å²) in [7, 11) is 1.63. The first-order valence-corrected chi connectivity index (χ1v) is 11.7. The normalized spacial score (nSPS) is 15.1. The van der Waals surface area contributed by atoms with Crippen LogP contribution in [-0.4, -0.2) is 35.9 Å². The van der Waals surface area contributed by atoms with Gasteiger partial charge in [0.05, 0.1) is 7.11 Å². The zero-order chi connectivity index (χ0) is 22.9. The van der Waals surface area contributed by atoms with Crippen molar-refractivity contribution in [2.24, 2.45) is 0 Å². The van der Waals surface area contributed by atoms with Crippen LogP contribution in [-0.2, 0) is 22.6 Å². The van der Waals surface area contributed by atoms with Crippen LogP contribution < -0.4 is 10.1 Å². The first-order valence-electron chi connectivity index (χ1n) is 11.7. The van der Waals surface area contributed by atoms with E-state index < -0.39 is 6.04 Å². The molecule has 1 saturated carbocycles. The molecular weight excluding hydrogens is 400 g/mol. The summed E-state index contributed by atoms with van der Waals surface area (Å²) in [6, 6.07) is 15.6. The fourth-order valence-corrected chi connectivity index (χ4v) is 4.23. The van der Waals surface area contributed by atoms with Gasteiger partial charge in [-0.1, -0.05) is 61.2 Å². The maximum Gasteiger partial charge on any atom is 0.242 e. The second-order valence-electron chi connectivity index (χ2n) is 8.87. The third-order valence-electron chi connectivity index (χ3n) is 6.38. The summed E-state index contributed by atoms with van der Waals surface area (Å²) in [4.78, 5) is 28.0. The zero-order valence-electron chi connectivity index (χ0n) is 19.6. The molecule has 5 heteroatoms. The smallest absolute Gasteiger partial charge is 0.242 e. The molecule has 0 aromatic heterocycles. The van der Waals surface area contributed by atoms with Crippen molar-refractivity contribution < 1.29 is 14.3 Å². The van der Waals surface area contributed by atoms with Crippen molar-refractivity contribution in [2.45, 2.75) is 77.4 Å². The van der Waals surface area contributed by atoms with Crippen molar-refractivity contribution in [2.75, 3.05) is 7.11 Å². The highest BCUT2D eigenvalue weighted by molar-refractivity contribution is 5.87. The topological polar surface area (TPSA) is 58.6 Å². The lowest BCUT2D eigenvalue weighted by Crippen LogP contribution is -2.50. The Bertz CT molecular complexity index is 871. The lowest BCUT2D eigenvalue weighted by atomic mass is 9.95. The van der Waals surface area contributed by atoms with Gasteiger partial charge in [-0.15, -0.1) is 0 Å². The van der Waals surface area contributed by atoms with Gasteiger partial charge in [0, 0.05) is 19.0 Å². The molecule has 1 aliphatic rings. The Labute approximate surface area is 192 Å². The van der Waals surface area contributed by atoms with E-state index in [1.54, 1.807) is 12.0 Å². The number of aryl methyl sites for hydroxylation is 2. The lowest BCUT2D eigenvalue weighted by molar-refractivity contribution is -0.141. The second kappa shape index (κ2) is 11.7. The van der Waals surface area contributed by atoms with Gasteiger partial charge in [-0.2, -0.15) is 0 Å². The van der Waals surface area contributed by atoms with Crippen LogP contribution in [0.1, 0.15) is 62.1 Å². The molecule has 0 unspecified atom stereocenters. The van der Waals surface area contributed by atoms with E-state index >= 15 is 0 Å². The zero-order valence-corrected chi connectivity index (χ0v) is 19.6. The Balaban J connectivity index is 1.69. The molecule has 2 aromatic rings. The van der Waals surface area contributed by atoms with E-state index in [4.69, 9.17) is 4.74 Å². The molecule has 1 fully saturated rings. The highest BCUT2D eigenvalue weighted by Gasteiger charge is 2.28. The van der Waals surface area contributed by atoms with E-state index in [0.29, 0.717) is 19.4 Å². The van der Waals surface area contributed by atoms with Gasteiger partial charge in [-0.25, -0.2) is 0 Å². The highest BCUT2D eigenvalue weighted by atomic mass is 16.5. The summed E-state index contributed by atoms with van der Waals surface area (Å²) in [5.74, 6) is 0.705. The third kappa shape index (κ3) is 6.84. The van der Waals surface area contributed by atoms with Crippen molar-refractivity contribution in [3.05, 3.63) is 65.2 Å². The summed E-state index contributed by atoms with van der Waals surface area (Å²) >= 11 is 0. The standard InChI is InChI=1S/C27H36N2O3/c1-20-9-11-22(12-10-20)15-18-26(30)29(19-23-13-16-25(32-3)17-14-23)21(2)27(31)28-24-7-5-4-6-8-24/h9-14,16-17,21,24H,4-8,15,18-19H2,1-3H3,(H,28,31)/t21-/m1/s1. The SMILES string of the molecule is COc1ccc(CN(C(=O)CCc2ccc(C)cc2)[C@H](C)C(=O)NC2CCCCC2)cc1. The van der Waals surface area contributed by atoms with E-state index in [-0.39, 0.29) is 17.9 Å². The molecule has 0 saturated heterocycles. The number of ether oxygens (including phenoxy) is 1. The van der Waals surface area contributed by atoms with E-state index in [2.05, 4.69) is 36.5 Å². The number of nitrogens with one attached hydrogen (secondary N) is 1. The molecule has 0 heterocycles. The quantitative estimate of drug-likeness (QED) is 0.614. The Morgan fingerprint density at radius 1 is 1.00 bits per heavy atom. The number of nitrogens with zero attached hydrogens (tertiary/aromatic N) is 1. The van der Waals surface area contributed by atoms with Crippen LogP contribution in [0.3, 0.4) is 0 Å². The molecule has 1 aliphatic carbocycles. The van der Waals surface area contributed by atoms with Crippen LogP contribution in [0.2, 0.25) is 0 Å². The van der Waals surface area contributed by atoms with Crippen molar-refractivity contribution >= 4 is 11.8 Å². The number of rotatable bonds is 9. The molecule has 2 amide bonds. The van der Waals surface area contributed by atoms with Crippen LogP contribution in [0.25, 0.3) is 0 Å². The Morgan fingerprint density at radius 3 is 2.25 bits per heavy atom. The monoisotopic (exact) mass is 436 g/mol. The molecule has 172 valence electrons. The van der Waals surface area contributed by atoms with Crippen LogP contribution in [0.5, 0.6) is 5.75 Å². The average Bonchev–Trinajstić information content (AvgIpc) is 2.82. The van der Waals surface area contributed by atoms with E-state index in [0.717, 1.165) is 42.6 Å². The molecule has 0 radical (unpaired) electrons. The number of hydrogen-bond donors (Lipinski definition) is 1. The molecular formula is C27H36N2O3. The molecule has 0 bridgehead atoms. The fraction of sp³-hybridized carbons (Fsp3) is 0.481. The van der Waals surface area contributed by atoms with Gasteiger partial charge < -0.3 is 15.0 Å². The van der Waals surface area contributed by atoms with E-state index in [9.17, 15) is 9.59 Å². The summed E-state index contributed by atoms with van der Waals surface area (Å²) < 4.78 is 5.24. The van der Waals surface area contributed by atoms with Gasteiger partial charge in [0.1, 0.15) is 11.8 Å². The number of benzene rings is 2. The maximum absolute atomic E-state index is 13.3.